The average Bonchev–Trinajstić information content (AvgIpc) is 2.66. The molecule has 0 heterocycles. The lowest BCUT2D eigenvalue weighted by Crippen LogP contribution is -2.39. The SMILES string of the molecule is CC(=O)OC(C)[C@H](C)OC(=O)[C@@H](N)Cc1ccc(OC(=O)CC(C)(C)C)c(OC(=O)CC(C)(C)C)c1. The first-order valence-corrected chi connectivity index (χ1v) is 12.0. The van der Waals surface area contributed by atoms with E-state index in [1.807, 2.05) is 41.5 Å². The van der Waals surface area contributed by atoms with Gasteiger partial charge < -0.3 is 24.7 Å². The van der Waals surface area contributed by atoms with Crippen LogP contribution in [0.25, 0.3) is 0 Å². The van der Waals surface area contributed by atoms with E-state index in [9.17, 15) is 19.2 Å². The normalized spacial score (nSPS) is 14.3. The van der Waals surface area contributed by atoms with Crippen LogP contribution in [-0.4, -0.2) is 42.1 Å². The lowest BCUT2D eigenvalue weighted by atomic mass is 9.92. The van der Waals surface area contributed by atoms with Crippen LogP contribution in [0.2, 0.25) is 0 Å². The van der Waals surface area contributed by atoms with Gasteiger partial charge in [0, 0.05) is 6.92 Å². The Morgan fingerprint density at radius 3 is 1.75 bits per heavy atom. The summed E-state index contributed by atoms with van der Waals surface area (Å²) >= 11 is 0. The Hall–Kier alpha value is -2.94. The molecule has 36 heavy (non-hydrogen) atoms. The van der Waals surface area contributed by atoms with Gasteiger partial charge in [-0.25, -0.2) is 0 Å². The first-order chi connectivity index (χ1) is 16.4. The van der Waals surface area contributed by atoms with Crippen LogP contribution in [-0.2, 0) is 35.1 Å². The second kappa shape index (κ2) is 12.9. The molecule has 0 amide bonds. The number of benzene rings is 1. The van der Waals surface area contributed by atoms with E-state index in [1.54, 1.807) is 19.9 Å². The van der Waals surface area contributed by atoms with Crippen molar-refractivity contribution in [2.45, 2.75) is 99.8 Å². The molecule has 9 heteroatoms. The molecule has 202 valence electrons. The first kappa shape index (κ1) is 31.1. The number of hydrogen-bond acceptors (Lipinski definition) is 9. The maximum atomic E-state index is 12.5. The fraction of sp³-hybridized carbons (Fsp3) is 0.630. The average molecular weight is 508 g/mol. The Balaban J connectivity index is 3.04. The molecule has 2 N–H and O–H groups in total. The van der Waals surface area contributed by atoms with Gasteiger partial charge in [0.05, 0.1) is 12.8 Å². The summed E-state index contributed by atoms with van der Waals surface area (Å²) in [5.41, 5.74) is 6.04. The fourth-order valence-electron chi connectivity index (χ4n) is 3.09. The van der Waals surface area contributed by atoms with Crippen LogP contribution in [0.15, 0.2) is 18.2 Å². The summed E-state index contributed by atoms with van der Waals surface area (Å²) < 4.78 is 21.4. The van der Waals surface area contributed by atoms with Gasteiger partial charge in [-0.3, -0.25) is 19.2 Å². The number of ether oxygens (including phenoxy) is 4. The zero-order valence-electron chi connectivity index (χ0n) is 22.9. The van der Waals surface area contributed by atoms with Crippen molar-refractivity contribution in [1.82, 2.24) is 0 Å². The van der Waals surface area contributed by atoms with Crippen LogP contribution in [0.4, 0.5) is 0 Å². The largest absolute Gasteiger partial charge is 0.459 e. The number of carbonyl (C=O) groups is 4. The highest BCUT2D eigenvalue weighted by Gasteiger charge is 2.25. The Bertz CT molecular complexity index is 942. The van der Waals surface area contributed by atoms with Crippen molar-refractivity contribution in [3.05, 3.63) is 23.8 Å². The molecule has 1 unspecified atom stereocenters. The predicted molar refractivity (Wildman–Crippen MR) is 134 cm³/mol. The Kier molecular flexibility index (Phi) is 11.1. The van der Waals surface area contributed by atoms with Gasteiger partial charge in [0.25, 0.3) is 0 Å². The van der Waals surface area contributed by atoms with Crippen LogP contribution in [0.5, 0.6) is 11.5 Å². The van der Waals surface area contributed by atoms with E-state index in [0.717, 1.165) is 0 Å². The van der Waals surface area contributed by atoms with Gasteiger partial charge in [0.1, 0.15) is 18.2 Å². The van der Waals surface area contributed by atoms with Crippen molar-refractivity contribution in [2.75, 3.05) is 0 Å². The molecule has 0 aliphatic heterocycles. The standard InChI is InChI=1S/C27H41NO8/c1-16(33-18(3)29)17(2)34-25(32)20(28)12-19-10-11-21(35-23(30)14-26(4,5)6)22(13-19)36-24(31)15-27(7,8)9/h10-11,13,16-17,20H,12,14-15,28H2,1-9H3/t16?,17-,20-/m0/s1. The number of rotatable bonds is 10. The molecule has 0 aliphatic carbocycles. The van der Waals surface area contributed by atoms with E-state index in [4.69, 9.17) is 24.7 Å². The maximum absolute atomic E-state index is 12.5. The van der Waals surface area contributed by atoms with Crippen molar-refractivity contribution in [1.29, 1.82) is 0 Å². The van der Waals surface area contributed by atoms with E-state index in [0.29, 0.717) is 5.56 Å². The fourth-order valence-corrected chi connectivity index (χ4v) is 3.09. The highest BCUT2D eigenvalue weighted by Crippen LogP contribution is 2.32. The van der Waals surface area contributed by atoms with Gasteiger partial charge >= 0.3 is 23.9 Å². The lowest BCUT2D eigenvalue weighted by Gasteiger charge is -2.22. The molecule has 0 saturated heterocycles. The lowest BCUT2D eigenvalue weighted by molar-refractivity contribution is -0.164. The van der Waals surface area contributed by atoms with Crippen LogP contribution >= 0.6 is 0 Å². The Morgan fingerprint density at radius 1 is 0.806 bits per heavy atom. The van der Waals surface area contributed by atoms with E-state index in [2.05, 4.69) is 0 Å². The van der Waals surface area contributed by atoms with Crippen molar-refractivity contribution >= 4 is 23.9 Å². The molecule has 0 bridgehead atoms. The number of esters is 4. The molecule has 0 fully saturated rings. The molecule has 1 rings (SSSR count). The third kappa shape index (κ3) is 12.2. The van der Waals surface area contributed by atoms with Gasteiger partial charge in [-0.2, -0.15) is 0 Å². The number of carbonyl (C=O) groups excluding carboxylic acids is 4. The minimum atomic E-state index is -1.02. The van der Waals surface area contributed by atoms with Gasteiger partial charge in [-0.1, -0.05) is 47.6 Å². The van der Waals surface area contributed by atoms with E-state index in [-0.39, 0.29) is 41.6 Å². The molecular formula is C27H41NO8. The molecular weight excluding hydrogens is 466 g/mol. The second-order valence-corrected chi connectivity index (χ2v) is 11.5. The topological polar surface area (TPSA) is 131 Å². The van der Waals surface area contributed by atoms with Gasteiger partial charge in [0.2, 0.25) is 0 Å². The summed E-state index contributed by atoms with van der Waals surface area (Å²) in [4.78, 5) is 48.5. The van der Waals surface area contributed by atoms with Crippen molar-refractivity contribution in [3.63, 3.8) is 0 Å². The highest BCUT2D eigenvalue weighted by molar-refractivity contribution is 5.78. The molecule has 0 radical (unpaired) electrons. The zero-order valence-corrected chi connectivity index (χ0v) is 22.9. The molecule has 9 nitrogen and oxygen atoms in total. The Morgan fingerprint density at radius 2 is 1.28 bits per heavy atom. The number of hydrogen-bond donors (Lipinski definition) is 1. The van der Waals surface area contributed by atoms with Gasteiger partial charge in [0.15, 0.2) is 11.5 Å². The summed E-state index contributed by atoms with van der Waals surface area (Å²) in [5.74, 6) is -1.92. The predicted octanol–water partition coefficient (Wildman–Crippen LogP) is 4.12. The second-order valence-electron chi connectivity index (χ2n) is 11.5. The number of nitrogens with two attached hydrogens (primary N) is 1. The molecule has 0 aromatic heterocycles. The highest BCUT2D eigenvalue weighted by atomic mass is 16.6. The van der Waals surface area contributed by atoms with Crippen molar-refractivity contribution < 1.29 is 38.1 Å². The summed E-state index contributed by atoms with van der Waals surface area (Å²) in [6.07, 6.45) is -0.921. The Labute approximate surface area is 214 Å². The van der Waals surface area contributed by atoms with Crippen LogP contribution < -0.4 is 15.2 Å². The first-order valence-electron chi connectivity index (χ1n) is 12.0. The molecule has 0 saturated carbocycles. The smallest absolute Gasteiger partial charge is 0.323 e. The maximum Gasteiger partial charge on any atom is 0.323 e. The molecule has 1 aromatic carbocycles. The molecule has 3 atom stereocenters. The van der Waals surface area contributed by atoms with Crippen LogP contribution in [0.3, 0.4) is 0 Å². The van der Waals surface area contributed by atoms with Crippen molar-refractivity contribution in [3.8, 4) is 11.5 Å². The third-order valence-electron chi connectivity index (χ3n) is 4.88. The third-order valence-corrected chi connectivity index (χ3v) is 4.88. The summed E-state index contributed by atoms with van der Waals surface area (Å²) in [7, 11) is 0. The molecule has 0 spiro atoms. The van der Waals surface area contributed by atoms with Crippen LogP contribution in [0.1, 0.15) is 80.7 Å². The minimum absolute atomic E-state index is 0.0708. The summed E-state index contributed by atoms with van der Waals surface area (Å²) in [6, 6.07) is 3.65. The van der Waals surface area contributed by atoms with Gasteiger partial charge in [-0.15, -0.1) is 0 Å². The van der Waals surface area contributed by atoms with Crippen LogP contribution in [0, 0.1) is 10.8 Å². The monoisotopic (exact) mass is 507 g/mol. The molecule has 1 aromatic rings. The summed E-state index contributed by atoms with van der Waals surface area (Å²) in [6.45, 7) is 15.9. The molecule has 0 aliphatic rings. The van der Waals surface area contributed by atoms with E-state index in [1.165, 1.54) is 19.1 Å². The zero-order chi connectivity index (χ0) is 27.8. The quantitative estimate of drug-likeness (QED) is 0.367. The van der Waals surface area contributed by atoms with Crippen molar-refractivity contribution in [2.24, 2.45) is 16.6 Å². The van der Waals surface area contributed by atoms with E-state index >= 15 is 0 Å². The van der Waals surface area contributed by atoms with E-state index < -0.39 is 42.1 Å². The van der Waals surface area contributed by atoms with Gasteiger partial charge in [-0.05, 0) is 48.8 Å². The summed E-state index contributed by atoms with van der Waals surface area (Å²) in [5, 5.41) is 0. The minimum Gasteiger partial charge on any atom is -0.459 e.